The molecule has 0 radical (unpaired) electrons. The molecule has 0 aliphatic carbocycles. The minimum atomic E-state index is -0.0111. The monoisotopic (exact) mass is 356 g/mol. The summed E-state index contributed by atoms with van der Waals surface area (Å²) in [7, 11) is 1.72. The molecule has 2 atom stereocenters. The van der Waals surface area contributed by atoms with E-state index < -0.39 is 0 Å². The van der Waals surface area contributed by atoms with E-state index in [4.69, 9.17) is 9.15 Å². The number of rotatable bonds is 6. The van der Waals surface area contributed by atoms with Gasteiger partial charge in [-0.05, 0) is 57.0 Å². The van der Waals surface area contributed by atoms with Gasteiger partial charge in [-0.25, -0.2) is 0 Å². The predicted octanol–water partition coefficient (Wildman–Crippen LogP) is 3.46. The largest absolute Gasteiger partial charge is 0.496 e. The molecule has 26 heavy (non-hydrogen) atoms. The number of para-hydroxylation sites is 1. The Hall–Kier alpha value is -2.27. The van der Waals surface area contributed by atoms with Crippen LogP contribution in [0.3, 0.4) is 0 Å². The van der Waals surface area contributed by atoms with Crippen LogP contribution in [-0.4, -0.2) is 54.5 Å². The molecule has 2 aromatic rings. The van der Waals surface area contributed by atoms with Gasteiger partial charge >= 0.3 is 0 Å². The molecule has 1 aromatic carbocycles. The van der Waals surface area contributed by atoms with Gasteiger partial charge in [0, 0.05) is 25.2 Å². The summed E-state index contributed by atoms with van der Waals surface area (Å²) in [5, 5.41) is 0. The van der Waals surface area contributed by atoms with E-state index in [0.29, 0.717) is 11.8 Å². The van der Waals surface area contributed by atoms with Gasteiger partial charge in [-0.15, -0.1) is 0 Å². The summed E-state index contributed by atoms with van der Waals surface area (Å²) in [5.74, 6) is 1.37. The van der Waals surface area contributed by atoms with Crippen molar-refractivity contribution < 1.29 is 13.9 Å². The molecule has 0 spiro atoms. The van der Waals surface area contributed by atoms with Gasteiger partial charge in [-0.3, -0.25) is 9.69 Å². The van der Waals surface area contributed by atoms with Gasteiger partial charge in [0.1, 0.15) is 5.75 Å². The average molecular weight is 356 g/mol. The predicted molar refractivity (Wildman–Crippen MR) is 102 cm³/mol. The number of furan rings is 1. The van der Waals surface area contributed by atoms with E-state index in [1.165, 1.54) is 5.56 Å². The number of benzene rings is 1. The second kappa shape index (κ2) is 8.41. The lowest BCUT2D eigenvalue weighted by Crippen LogP contribution is -2.58. The Bertz CT molecular complexity index is 714. The molecule has 0 bridgehead atoms. The lowest BCUT2D eigenvalue weighted by molar-refractivity contribution is 0.0290. The van der Waals surface area contributed by atoms with Crippen LogP contribution in [0, 0.1) is 0 Å². The molecular weight excluding hydrogens is 328 g/mol. The van der Waals surface area contributed by atoms with Crippen molar-refractivity contribution in [2.24, 2.45) is 0 Å². The highest BCUT2D eigenvalue weighted by Gasteiger charge is 2.32. The van der Waals surface area contributed by atoms with Crippen molar-refractivity contribution in [2.75, 3.05) is 26.7 Å². The number of piperazine rings is 1. The standard InChI is InChI=1S/C21H28N2O3/c1-16-15-23(21(24)20-11-7-13-26-20)17(2)14-22(16)12-6-9-18-8-4-5-10-19(18)25-3/h4-5,7-8,10-11,13,16-17H,6,9,12,14-15H2,1-3H3. The molecule has 140 valence electrons. The number of hydrogen-bond donors (Lipinski definition) is 0. The number of amides is 1. The number of hydrogen-bond acceptors (Lipinski definition) is 4. The van der Waals surface area contributed by atoms with Crippen molar-refractivity contribution in [1.29, 1.82) is 0 Å². The third-order valence-electron chi connectivity index (χ3n) is 5.19. The molecule has 5 heteroatoms. The molecule has 3 rings (SSSR count). The summed E-state index contributed by atoms with van der Waals surface area (Å²) < 4.78 is 10.7. The van der Waals surface area contributed by atoms with Gasteiger partial charge in [0.25, 0.3) is 5.91 Å². The first-order chi connectivity index (χ1) is 12.6. The van der Waals surface area contributed by atoms with Crippen molar-refractivity contribution in [3.05, 3.63) is 54.0 Å². The number of carbonyl (C=O) groups excluding carboxylic acids is 1. The number of carbonyl (C=O) groups is 1. The van der Waals surface area contributed by atoms with Crippen molar-refractivity contribution >= 4 is 5.91 Å². The second-order valence-corrected chi connectivity index (χ2v) is 7.04. The average Bonchev–Trinajstić information content (AvgIpc) is 3.19. The Labute approximate surface area is 155 Å². The van der Waals surface area contributed by atoms with Gasteiger partial charge < -0.3 is 14.1 Å². The Morgan fingerprint density at radius 3 is 2.69 bits per heavy atom. The fourth-order valence-electron chi connectivity index (χ4n) is 3.72. The minimum Gasteiger partial charge on any atom is -0.496 e. The molecule has 1 fully saturated rings. The van der Waals surface area contributed by atoms with Crippen LogP contribution >= 0.6 is 0 Å². The first-order valence-electron chi connectivity index (χ1n) is 9.30. The Kier molecular flexibility index (Phi) is 5.99. The van der Waals surface area contributed by atoms with Crippen molar-refractivity contribution in [2.45, 2.75) is 38.8 Å². The fourth-order valence-corrected chi connectivity index (χ4v) is 3.72. The molecule has 1 aliphatic heterocycles. The summed E-state index contributed by atoms with van der Waals surface area (Å²) in [6.45, 7) is 6.94. The van der Waals surface area contributed by atoms with E-state index in [1.54, 1.807) is 25.5 Å². The van der Waals surface area contributed by atoms with Crippen LogP contribution in [0.25, 0.3) is 0 Å². The molecular formula is C21H28N2O3. The Morgan fingerprint density at radius 2 is 1.96 bits per heavy atom. The molecule has 1 amide bonds. The van der Waals surface area contributed by atoms with Gasteiger partial charge in [0.15, 0.2) is 5.76 Å². The highest BCUT2D eigenvalue weighted by molar-refractivity contribution is 5.91. The molecule has 1 saturated heterocycles. The van der Waals surface area contributed by atoms with Crippen LogP contribution in [0.1, 0.15) is 36.4 Å². The summed E-state index contributed by atoms with van der Waals surface area (Å²) in [5.41, 5.74) is 1.25. The zero-order valence-corrected chi connectivity index (χ0v) is 15.9. The molecule has 5 nitrogen and oxygen atoms in total. The number of aryl methyl sites for hydroxylation is 1. The van der Waals surface area contributed by atoms with Crippen LogP contribution in [-0.2, 0) is 6.42 Å². The maximum Gasteiger partial charge on any atom is 0.289 e. The van der Waals surface area contributed by atoms with Gasteiger partial charge in [0.2, 0.25) is 0 Å². The topological polar surface area (TPSA) is 45.9 Å². The maximum absolute atomic E-state index is 12.6. The summed E-state index contributed by atoms with van der Waals surface area (Å²) in [6, 6.07) is 12.2. The first-order valence-corrected chi connectivity index (χ1v) is 9.30. The second-order valence-electron chi connectivity index (χ2n) is 7.04. The lowest BCUT2D eigenvalue weighted by Gasteiger charge is -2.44. The highest BCUT2D eigenvalue weighted by atomic mass is 16.5. The number of ether oxygens (including phenoxy) is 1. The van der Waals surface area contributed by atoms with Crippen LogP contribution in [0.15, 0.2) is 47.1 Å². The van der Waals surface area contributed by atoms with Gasteiger partial charge in [-0.2, -0.15) is 0 Å². The molecule has 1 aliphatic rings. The quantitative estimate of drug-likeness (QED) is 0.795. The van der Waals surface area contributed by atoms with Crippen LogP contribution in [0.4, 0.5) is 0 Å². The number of methoxy groups -OCH3 is 1. The molecule has 0 saturated carbocycles. The zero-order chi connectivity index (χ0) is 18.5. The van der Waals surface area contributed by atoms with E-state index in [0.717, 1.165) is 38.2 Å². The number of nitrogens with zero attached hydrogens (tertiary/aromatic N) is 2. The van der Waals surface area contributed by atoms with Crippen LogP contribution in [0.2, 0.25) is 0 Å². The molecule has 2 heterocycles. The van der Waals surface area contributed by atoms with E-state index in [-0.39, 0.29) is 11.9 Å². The van der Waals surface area contributed by atoms with E-state index >= 15 is 0 Å². The summed E-state index contributed by atoms with van der Waals surface area (Å²) in [4.78, 5) is 17.0. The zero-order valence-electron chi connectivity index (χ0n) is 15.9. The van der Waals surface area contributed by atoms with Gasteiger partial charge in [0.05, 0.1) is 13.4 Å². The smallest absolute Gasteiger partial charge is 0.289 e. The van der Waals surface area contributed by atoms with E-state index in [9.17, 15) is 4.79 Å². The van der Waals surface area contributed by atoms with Crippen molar-refractivity contribution in [3.8, 4) is 5.75 Å². The fraction of sp³-hybridized carbons (Fsp3) is 0.476. The maximum atomic E-state index is 12.6. The highest BCUT2D eigenvalue weighted by Crippen LogP contribution is 2.21. The lowest BCUT2D eigenvalue weighted by atomic mass is 10.0. The Morgan fingerprint density at radius 1 is 1.15 bits per heavy atom. The third kappa shape index (κ3) is 4.10. The van der Waals surface area contributed by atoms with Crippen molar-refractivity contribution in [1.82, 2.24) is 9.80 Å². The van der Waals surface area contributed by atoms with Crippen LogP contribution in [0.5, 0.6) is 5.75 Å². The summed E-state index contributed by atoms with van der Waals surface area (Å²) in [6.07, 6.45) is 3.62. The minimum absolute atomic E-state index is 0.0111. The Balaban J connectivity index is 1.54. The SMILES string of the molecule is COc1ccccc1CCCN1CC(C)N(C(=O)c2ccco2)CC1C. The molecule has 2 unspecified atom stereocenters. The third-order valence-corrected chi connectivity index (χ3v) is 5.19. The van der Waals surface area contributed by atoms with Crippen LogP contribution < -0.4 is 4.74 Å². The van der Waals surface area contributed by atoms with Gasteiger partial charge in [-0.1, -0.05) is 18.2 Å². The molecule has 0 N–H and O–H groups in total. The van der Waals surface area contributed by atoms with E-state index in [2.05, 4.69) is 30.9 Å². The molecule has 1 aromatic heterocycles. The van der Waals surface area contributed by atoms with E-state index in [1.807, 2.05) is 17.0 Å². The summed E-state index contributed by atoms with van der Waals surface area (Å²) >= 11 is 0. The normalized spacial score (nSPS) is 21.0. The first kappa shape index (κ1) is 18.5. The van der Waals surface area contributed by atoms with Crippen molar-refractivity contribution in [3.63, 3.8) is 0 Å².